The molecule has 4 nitrogen and oxygen atoms in total. The van der Waals surface area contributed by atoms with Crippen LogP contribution >= 0.6 is 0 Å². The van der Waals surface area contributed by atoms with E-state index in [-0.39, 0.29) is 4.90 Å². The van der Waals surface area contributed by atoms with Crippen molar-refractivity contribution >= 4 is 20.9 Å². The summed E-state index contributed by atoms with van der Waals surface area (Å²) in [5.41, 5.74) is 5.65. The molecule has 152 valence electrons. The van der Waals surface area contributed by atoms with Crippen molar-refractivity contribution in [1.29, 1.82) is 0 Å². The van der Waals surface area contributed by atoms with Gasteiger partial charge in [-0.25, -0.2) is 12.4 Å². The molecular formula is C25H23NO3S. The highest BCUT2D eigenvalue weighted by Gasteiger charge is 2.30. The summed E-state index contributed by atoms with van der Waals surface area (Å²) in [5.74, 6) is 0.684. The smallest absolute Gasteiger partial charge is 0.268 e. The van der Waals surface area contributed by atoms with Gasteiger partial charge in [0.2, 0.25) is 0 Å². The molecule has 0 aliphatic heterocycles. The molecule has 0 fully saturated rings. The normalized spacial score (nSPS) is 13.5. The Labute approximate surface area is 176 Å². The van der Waals surface area contributed by atoms with E-state index >= 15 is 0 Å². The molecule has 5 heteroatoms. The molecule has 1 aliphatic carbocycles. The maximum absolute atomic E-state index is 13.9. The average Bonchev–Trinajstić information content (AvgIpc) is 3.11. The molecule has 5 rings (SSSR count). The monoisotopic (exact) mass is 417 g/mol. The Kier molecular flexibility index (Phi) is 4.44. The number of aromatic nitrogens is 1. The summed E-state index contributed by atoms with van der Waals surface area (Å²) >= 11 is 0. The van der Waals surface area contributed by atoms with Gasteiger partial charge in [-0.05, 0) is 61.1 Å². The van der Waals surface area contributed by atoms with E-state index in [1.807, 2.05) is 61.5 Å². The van der Waals surface area contributed by atoms with E-state index in [0.717, 1.165) is 52.6 Å². The summed E-state index contributed by atoms with van der Waals surface area (Å²) in [6.07, 6.45) is 2.77. The minimum Gasteiger partial charge on any atom is -0.497 e. The van der Waals surface area contributed by atoms with Gasteiger partial charge in [0.25, 0.3) is 10.0 Å². The molecular weight excluding hydrogens is 394 g/mol. The van der Waals surface area contributed by atoms with Crippen molar-refractivity contribution in [2.45, 2.75) is 31.1 Å². The Morgan fingerprint density at radius 3 is 2.37 bits per heavy atom. The van der Waals surface area contributed by atoms with Gasteiger partial charge < -0.3 is 4.74 Å². The van der Waals surface area contributed by atoms with Gasteiger partial charge in [0.05, 0.1) is 23.2 Å². The summed E-state index contributed by atoms with van der Waals surface area (Å²) in [6.45, 7) is 1.95. The molecule has 0 saturated carbocycles. The molecule has 0 unspecified atom stereocenters. The van der Waals surface area contributed by atoms with E-state index < -0.39 is 10.0 Å². The zero-order chi connectivity index (χ0) is 20.9. The molecule has 30 heavy (non-hydrogen) atoms. The van der Waals surface area contributed by atoms with E-state index in [9.17, 15) is 8.42 Å². The van der Waals surface area contributed by atoms with Crippen LogP contribution in [0.15, 0.2) is 71.6 Å². The Hall–Kier alpha value is -3.05. The first-order valence-corrected chi connectivity index (χ1v) is 11.6. The van der Waals surface area contributed by atoms with Crippen LogP contribution in [0, 0.1) is 6.92 Å². The summed E-state index contributed by atoms with van der Waals surface area (Å²) in [5, 5.41) is 1.05. The van der Waals surface area contributed by atoms with Crippen LogP contribution in [0.3, 0.4) is 0 Å². The Balaban J connectivity index is 1.93. The molecule has 1 aliphatic rings. The van der Waals surface area contributed by atoms with E-state index in [0.29, 0.717) is 11.3 Å². The van der Waals surface area contributed by atoms with Crippen molar-refractivity contribution in [1.82, 2.24) is 3.97 Å². The number of rotatable bonds is 4. The lowest BCUT2D eigenvalue weighted by Gasteiger charge is -2.14. The molecule has 0 N–H and O–H groups in total. The molecule has 0 spiro atoms. The number of aryl methyl sites for hydroxylation is 3. The third-order valence-corrected chi connectivity index (χ3v) is 7.63. The third kappa shape index (κ3) is 2.84. The maximum atomic E-state index is 13.9. The second-order valence-corrected chi connectivity index (χ2v) is 9.60. The first kappa shape index (κ1) is 18.9. The lowest BCUT2D eigenvalue weighted by Crippen LogP contribution is -2.14. The zero-order valence-electron chi connectivity index (χ0n) is 17.1. The van der Waals surface area contributed by atoms with Gasteiger partial charge in [-0.1, -0.05) is 48.0 Å². The van der Waals surface area contributed by atoms with Crippen molar-refractivity contribution in [3.8, 4) is 17.0 Å². The van der Waals surface area contributed by atoms with Crippen molar-refractivity contribution in [3.63, 3.8) is 0 Å². The molecule has 0 atom stereocenters. The molecule has 0 radical (unpaired) electrons. The van der Waals surface area contributed by atoms with Crippen LogP contribution < -0.4 is 4.74 Å². The quantitative estimate of drug-likeness (QED) is 0.450. The van der Waals surface area contributed by atoms with Crippen LogP contribution in [-0.2, 0) is 22.9 Å². The standard InChI is InChI=1S/C25H23NO3S/c1-17-11-13-21(14-12-17)30(27,28)26-23-16-20(29-2)15-19-9-6-10-22(24(19)23)25(26)18-7-4-3-5-8-18/h3-5,7-8,11-16H,6,9-10H2,1-2H3. The maximum Gasteiger partial charge on any atom is 0.268 e. The second kappa shape index (κ2) is 7.03. The minimum atomic E-state index is -3.80. The van der Waals surface area contributed by atoms with E-state index in [1.165, 1.54) is 3.97 Å². The van der Waals surface area contributed by atoms with Gasteiger partial charge >= 0.3 is 0 Å². The first-order valence-electron chi connectivity index (χ1n) is 10.1. The molecule has 1 heterocycles. The fraction of sp³-hybridized carbons (Fsp3) is 0.200. The highest BCUT2D eigenvalue weighted by Crippen LogP contribution is 2.43. The molecule has 0 bridgehead atoms. The average molecular weight is 418 g/mol. The third-order valence-electron chi connectivity index (χ3n) is 5.90. The van der Waals surface area contributed by atoms with Crippen molar-refractivity contribution in [2.75, 3.05) is 7.11 Å². The molecule has 3 aromatic carbocycles. The highest BCUT2D eigenvalue weighted by molar-refractivity contribution is 7.90. The number of hydrogen-bond donors (Lipinski definition) is 0. The number of ether oxygens (including phenoxy) is 1. The minimum absolute atomic E-state index is 0.289. The Morgan fingerprint density at radius 1 is 0.933 bits per heavy atom. The first-order chi connectivity index (χ1) is 14.5. The number of methoxy groups -OCH3 is 1. The van der Waals surface area contributed by atoms with Gasteiger partial charge in [0, 0.05) is 11.5 Å². The van der Waals surface area contributed by atoms with Gasteiger partial charge in [0.1, 0.15) is 5.75 Å². The van der Waals surface area contributed by atoms with Gasteiger partial charge in [-0.2, -0.15) is 0 Å². The molecule has 0 amide bonds. The lowest BCUT2D eigenvalue weighted by atomic mass is 9.90. The Morgan fingerprint density at radius 2 is 1.67 bits per heavy atom. The topological polar surface area (TPSA) is 48.3 Å². The Bertz CT molecular complexity index is 1350. The van der Waals surface area contributed by atoms with Crippen molar-refractivity contribution in [2.24, 2.45) is 0 Å². The fourth-order valence-electron chi connectivity index (χ4n) is 4.49. The van der Waals surface area contributed by atoms with Crippen LogP contribution in [0.5, 0.6) is 5.75 Å². The van der Waals surface area contributed by atoms with Crippen molar-refractivity contribution in [3.05, 3.63) is 83.4 Å². The van der Waals surface area contributed by atoms with Gasteiger partial charge in [-0.3, -0.25) is 0 Å². The van der Waals surface area contributed by atoms with Crippen LogP contribution in [-0.4, -0.2) is 19.5 Å². The molecule has 4 aromatic rings. The highest BCUT2D eigenvalue weighted by atomic mass is 32.2. The molecule has 1 aromatic heterocycles. The van der Waals surface area contributed by atoms with Crippen LogP contribution in [0.4, 0.5) is 0 Å². The van der Waals surface area contributed by atoms with Crippen molar-refractivity contribution < 1.29 is 13.2 Å². The van der Waals surface area contributed by atoms with Crippen LogP contribution in [0.1, 0.15) is 23.1 Å². The molecule has 0 saturated heterocycles. The summed E-state index contributed by atoms with van der Waals surface area (Å²) in [6, 6.07) is 20.8. The van der Waals surface area contributed by atoms with Gasteiger partial charge in [-0.15, -0.1) is 0 Å². The lowest BCUT2D eigenvalue weighted by molar-refractivity contribution is 0.414. The number of nitrogens with zero attached hydrogens (tertiary/aromatic N) is 1. The van der Waals surface area contributed by atoms with E-state index in [4.69, 9.17) is 4.74 Å². The number of hydrogen-bond acceptors (Lipinski definition) is 3. The summed E-state index contributed by atoms with van der Waals surface area (Å²) < 4.78 is 34.9. The predicted molar refractivity (Wildman–Crippen MR) is 120 cm³/mol. The van der Waals surface area contributed by atoms with Crippen LogP contribution in [0.25, 0.3) is 22.2 Å². The second-order valence-electron chi connectivity index (χ2n) is 7.81. The summed E-state index contributed by atoms with van der Waals surface area (Å²) in [7, 11) is -2.18. The fourth-order valence-corrected chi connectivity index (χ4v) is 6.04. The largest absolute Gasteiger partial charge is 0.497 e. The number of benzene rings is 3. The predicted octanol–water partition coefficient (Wildman–Crippen LogP) is 5.35. The van der Waals surface area contributed by atoms with Crippen LogP contribution in [0.2, 0.25) is 0 Å². The van der Waals surface area contributed by atoms with Gasteiger partial charge in [0.15, 0.2) is 0 Å². The summed E-state index contributed by atoms with van der Waals surface area (Å²) in [4.78, 5) is 0.289. The van der Waals surface area contributed by atoms with E-state index in [1.54, 1.807) is 19.2 Å². The van der Waals surface area contributed by atoms with E-state index in [2.05, 4.69) is 0 Å². The SMILES string of the molecule is COc1cc2c3c(c(-c4ccccc4)n(S(=O)(=O)c4ccc(C)cc4)c3c1)CCC2. The zero-order valence-corrected chi connectivity index (χ0v) is 17.9.